The minimum absolute atomic E-state index is 0.0279. The minimum atomic E-state index is -0.210. The third kappa shape index (κ3) is 6.46. The van der Waals surface area contributed by atoms with Crippen LogP contribution in [0.1, 0.15) is 60.4 Å². The predicted molar refractivity (Wildman–Crippen MR) is 131 cm³/mol. The van der Waals surface area contributed by atoms with E-state index in [1.807, 2.05) is 31.2 Å². The Labute approximate surface area is 201 Å². The number of piperazine rings is 1. The van der Waals surface area contributed by atoms with Crippen molar-refractivity contribution in [3.63, 3.8) is 0 Å². The van der Waals surface area contributed by atoms with Gasteiger partial charge in [0.2, 0.25) is 0 Å². The maximum atomic E-state index is 13.0. The van der Waals surface area contributed by atoms with E-state index in [9.17, 15) is 9.59 Å². The van der Waals surface area contributed by atoms with Gasteiger partial charge in [0.15, 0.2) is 0 Å². The molecule has 4 rings (SSSR count). The summed E-state index contributed by atoms with van der Waals surface area (Å²) >= 11 is 0. The van der Waals surface area contributed by atoms with Gasteiger partial charge in [0.25, 0.3) is 5.91 Å². The lowest BCUT2D eigenvalue weighted by Crippen LogP contribution is -2.51. The van der Waals surface area contributed by atoms with Crippen molar-refractivity contribution >= 4 is 17.8 Å². The van der Waals surface area contributed by atoms with Gasteiger partial charge >= 0.3 is 6.03 Å². The molecule has 1 saturated heterocycles. The van der Waals surface area contributed by atoms with Crippen LogP contribution in [0.2, 0.25) is 0 Å². The molecule has 0 atom stereocenters. The molecule has 2 aliphatic rings. The number of nitrogens with one attached hydrogen (secondary N) is 1. The van der Waals surface area contributed by atoms with Crippen LogP contribution in [0, 0.1) is 19.8 Å². The molecule has 8 heteroatoms. The van der Waals surface area contributed by atoms with Gasteiger partial charge in [-0.15, -0.1) is 0 Å². The predicted octanol–water partition coefficient (Wildman–Crippen LogP) is 4.43. The van der Waals surface area contributed by atoms with E-state index in [0.717, 1.165) is 23.8 Å². The number of rotatable bonds is 6. The molecule has 0 spiro atoms. The summed E-state index contributed by atoms with van der Waals surface area (Å²) < 4.78 is 5.97. The van der Waals surface area contributed by atoms with Crippen LogP contribution < -0.4 is 10.1 Å². The van der Waals surface area contributed by atoms with Crippen molar-refractivity contribution in [2.45, 2.75) is 52.4 Å². The summed E-state index contributed by atoms with van der Waals surface area (Å²) in [4.78, 5) is 37.7. The van der Waals surface area contributed by atoms with Crippen LogP contribution in [0.25, 0.3) is 0 Å². The number of carbonyl (C=O) groups is 2. The fraction of sp³-hybridized carbons (Fsp3) is 0.538. The van der Waals surface area contributed by atoms with E-state index >= 15 is 0 Å². The molecule has 2 fully saturated rings. The van der Waals surface area contributed by atoms with Gasteiger partial charge in [-0.3, -0.25) is 10.1 Å². The van der Waals surface area contributed by atoms with Gasteiger partial charge in [-0.1, -0.05) is 38.2 Å². The van der Waals surface area contributed by atoms with Crippen molar-refractivity contribution in [2.75, 3.05) is 38.1 Å². The molecule has 1 saturated carbocycles. The molecule has 3 amide bonds. The number of ether oxygens (including phenoxy) is 1. The molecule has 2 heterocycles. The highest BCUT2D eigenvalue weighted by molar-refractivity contribution is 5.95. The first-order chi connectivity index (χ1) is 16.5. The first kappa shape index (κ1) is 24.0. The Hall–Kier alpha value is -3.16. The van der Waals surface area contributed by atoms with Crippen molar-refractivity contribution in [1.29, 1.82) is 0 Å². The van der Waals surface area contributed by atoms with Gasteiger partial charge < -0.3 is 14.5 Å². The largest absolute Gasteiger partial charge is 0.494 e. The van der Waals surface area contributed by atoms with Crippen molar-refractivity contribution in [1.82, 2.24) is 19.8 Å². The molecule has 1 aromatic heterocycles. The summed E-state index contributed by atoms with van der Waals surface area (Å²) in [7, 11) is 0. The quantitative estimate of drug-likeness (QED) is 0.682. The van der Waals surface area contributed by atoms with Crippen LogP contribution >= 0.6 is 0 Å². The molecule has 0 unspecified atom stereocenters. The van der Waals surface area contributed by atoms with Crippen molar-refractivity contribution < 1.29 is 14.3 Å². The van der Waals surface area contributed by atoms with Crippen LogP contribution in [-0.4, -0.2) is 64.5 Å². The number of benzene rings is 1. The molecular weight excluding hydrogens is 430 g/mol. The third-order valence-corrected chi connectivity index (χ3v) is 6.66. The molecule has 8 nitrogen and oxygen atoms in total. The number of nitrogens with zero attached hydrogens (tertiary/aromatic N) is 4. The second-order valence-electron chi connectivity index (χ2n) is 9.32. The Balaban J connectivity index is 1.25. The van der Waals surface area contributed by atoms with Crippen molar-refractivity contribution in [3.05, 3.63) is 47.4 Å². The summed E-state index contributed by atoms with van der Waals surface area (Å²) in [6.45, 7) is 6.27. The lowest BCUT2D eigenvalue weighted by atomic mass is 9.87. The fourth-order valence-corrected chi connectivity index (χ4v) is 4.80. The highest BCUT2D eigenvalue weighted by Crippen LogP contribution is 2.26. The van der Waals surface area contributed by atoms with Crippen LogP contribution in [0.15, 0.2) is 30.3 Å². The van der Waals surface area contributed by atoms with Gasteiger partial charge in [-0.2, -0.15) is 0 Å². The molecule has 182 valence electrons. The molecule has 1 aromatic carbocycles. The maximum absolute atomic E-state index is 13.0. The number of hydrogen-bond donors (Lipinski definition) is 1. The number of amides is 3. The minimum Gasteiger partial charge on any atom is -0.494 e. The molecule has 1 aliphatic heterocycles. The van der Waals surface area contributed by atoms with Crippen LogP contribution in [0.4, 0.5) is 10.6 Å². The fourth-order valence-electron chi connectivity index (χ4n) is 4.80. The highest BCUT2D eigenvalue weighted by atomic mass is 16.5. The summed E-state index contributed by atoms with van der Waals surface area (Å²) in [5, 5.41) is 2.84. The lowest BCUT2D eigenvalue weighted by Gasteiger charge is -2.34. The van der Waals surface area contributed by atoms with Gasteiger partial charge in [-0.05, 0) is 44.4 Å². The molecule has 34 heavy (non-hydrogen) atoms. The van der Waals surface area contributed by atoms with Crippen LogP contribution in [0.3, 0.4) is 0 Å². The van der Waals surface area contributed by atoms with Gasteiger partial charge in [0.05, 0.1) is 6.61 Å². The maximum Gasteiger partial charge on any atom is 0.323 e. The number of urea groups is 1. The summed E-state index contributed by atoms with van der Waals surface area (Å²) in [6, 6.07) is 8.99. The highest BCUT2D eigenvalue weighted by Gasteiger charge is 2.25. The van der Waals surface area contributed by atoms with Crippen LogP contribution in [0.5, 0.6) is 5.75 Å². The zero-order chi connectivity index (χ0) is 23.9. The topological polar surface area (TPSA) is 87.7 Å². The smallest absolute Gasteiger partial charge is 0.323 e. The first-order valence-corrected chi connectivity index (χ1v) is 12.4. The molecule has 1 N–H and O–H groups in total. The van der Waals surface area contributed by atoms with E-state index in [1.54, 1.807) is 22.8 Å². The van der Waals surface area contributed by atoms with E-state index in [1.165, 1.54) is 32.1 Å². The van der Waals surface area contributed by atoms with E-state index in [4.69, 9.17) is 4.74 Å². The van der Waals surface area contributed by atoms with E-state index in [-0.39, 0.29) is 11.9 Å². The Morgan fingerprint density at radius 3 is 2.47 bits per heavy atom. The Kier molecular flexibility index (Phi) is 7.98. The number of anilines is 1. The summed E-state index contributed by atoms with van der Waals surface area (Å²) in [5.74, 6) is 2.60. The second-order valence-corrected chi connectivity index (χ2v) is 9.32. The monoisotopic (exact) mass is 465 g/mol. The van der Waals surface area contributed by atoms with E-state index < -0.39 is 0 Å². The van der Waals surface area contributed by atoms with E-state index in [2.05, 4.69) is 15.3 Å². The molecule has 0 bridgehead atoms. The van der Waals surface area contributed by atoms with Gasteiger partial charge in [-0.25, -0.2) is 14.8 Å². The lowest BCUT2D eigenvalue weighted by molar-refractivity contribution is 0.0671. The Morgan fingerprint density at radius 1 is 1.00 bits per heavy atom. The zero-order valence-electron chi connectivity index (χ0n) is 20.3. The molecular formula is C26H35N5O3. The zero-order valence-corrected chi connectivity index (χ0v) is 20.3. The first-order valence-electron chi connectivity index (χ1n) is 12.4. The molecule has 2 aromatic rings. The standard InChI is InChI=1S/C26H35N5O3/c1-19-17-24(28-20(2)27-19)29-26(33)31-14-12-30(13-15-31)25(32)22-9-6-10-23(18-22)34-16-11-21-7-4-3-5-8-21/h6,9-10,17-18,21H,3-5,7-8,11-16H2,1-2H3,(H,27,28,29,33). The number of hydrogen-bond acceptors (Lipinski definition) is 5. The van der Waals surface area contributed by atoms with E-state index in [0.29, 0.717) is 50.0 Å². The second kappa shape index (κ2) is 11.3. The SMILES string of the molecule is Cc1cc(NC(=O)N2CCN(C(=O)c3cccc(OCCC4CCCCC4)c3)CC2)nc(C)n1. The van der Waals surface area contributed by atoms with Crippen molar-refractivity contribution in [2.24, 2.45) is 5.92 Å². The van der Waals surface area contributed by atoms with Gasteiger partial charge in [0.1, 0.15) is 17.4 Å². The number of aromatic nitrogens is 2. The Morgan fingerprint density at radius 2 is 1.74 bits per heavy atom. The number of aryl methyl sites for hydroxylation is 2. The number of carbonyl (C=O) groups excluding carboxylic acids is 2. The summed E-state index contributed by atoms with van der Waals surface area (Å²) in [5.41, 5.74) is 1.43. The summed E-state index contributed by atoms with van der Waals surface area (Å²) in [6.07, 6.45) is 7.74. The molecule has 1 aliphatic carbocycles. The average molecular weight is 466 g/mol. The van der Waals surface area contributed by atoms with Crippen molar-refractivity contribution in [3.8, 4) is 5.75 Å². The Bertz CT molecular complexity index is 977. The average Bonchev–Trinajstić information content (AvgIpc) is 2.84. The molecule has 0 radical (unpaired) electrons. The normalized spacial score (nSPS) is 16.9. The van der Waals surface area contributed by atoms with Gasteiger partial charge in [0, 0.05) is 43.5 Å². The van der Waals surface area contributed by atoms with Crippen LogP contribution in [-0.2, 0) is 0 Å². The third-order valence-electron chi connectivity index (χ3n) is 6.66.